The predicted molar refractivity (Wildman–Crippen MR) is 97.9 cm³/mol. The van der Waals surface area contributed by atoms with Crippen molar-refractivity contribution >= 4 is 39.4 Å². The molecule has 26 heavy (non-hydrogen) atoms. The van der Waals surface area contributed by atoms with Crippen LogP contribution in [0.5, 0.6) is 0 Å². The smallest absolute Gasteiger partial charge is 0.322 e. The number of nitrogens with one attached hydrogen (secondary N) is 2. The van der Waals surface area contributed by atoms with E-state index in [-0.39, 0.29) is 18.2 Å². The lowest BCUT2D eigenvalue weighted by Gasteiger charge is -2.31. The van der Waals surface area contributed by atoms with Crippen LogP contribution in [0.2, 0.25) is 0 Å². The Morgan fingerprint density at radius 1 is 1.23 bits per heavy atom. The van der Waals surface area contributed by atoms with Crippen LogP contribution in [0.4, 0.5) is 4.79 Å². The lowest BCUT2D eigenvalue weighted by molar-refractivity contribution is -0.132. The van der Waals surface area contributed by atoms with Crippen molar-refractivity contribution in [1.82, 2.24) is 20.5 Å². The molecule has 2 aliphatic rings. The molecule has 0 unspecified atom stereocenters. The number of para-hydroxylation sites is 1. The minimum absolute atomic E-state index is 0.0432. The van der Waals surface area contributed by atoms with E-state index in [0.29, 0.717) is 25.4 Å². The fourth-order valence-corrected chi connectivity index (χ4v) is 4.67. The summed E-state index contributed by atoms with van der Waals surface area (Å²) in [5.74, 6) is 0.0930. The maximum Gasteiger partial charge on any atom is 0.322 e. The number of nitrogens with zero attached hydrogens (tertiary/aromatic N) is 2. The van der Waals surface area contributed by atoms with E-state index in [2.05, 4.69) is 16.7 Å². The molecule has 0 spiro atoms. The number of imide groups is 1. The van der Waals surface area contributed by atoms with Gasteiger partial charge in [0.15, 0.2) is 0 Å². The normalized spacial score (nSPS) is 21.1. The lowest BCUT2D eigenvalue weighted by Crippen LogP contribution is -2.39. The summed E-state index contributed by atoms with van der Waals surface area (Å²) < 4.78 is 1.21. The summed E-state index contributed by atoms with van der Waals surface area (Å²) in [5, 5.41) is 5.87. The molecule has 1 atom stereocenters. The van der Waals surface area contributed by atoms with Crippen molar-refractivity contribution in [2.75, 3.05) is 13.1 Å². The van der Waals surface area contributed by atoms with Crippen molar-refractivity contribution < 1.29 is 14.4 Å². The summed E-state index contributed by atoms with van der Waals surface area (Å²) in [5.41, 5.74) is 1.04. The quantitative estimate of drug-likeness (QED) is 0.803. The van der Waals surface area contributed by atoms with E-state index in [1.54, 1.807) is 11.3 Å². The average molecular weight is 372 g/mol. The number of hydrogen-bond donors (Lipinski definition) is 2. The van der Waals surface area contributed by atoms with E-state index in [1.165, 1.54) is 4.70 Å². The molecule has 1 aromatic carbocycles. The molecular formula is C18H20N4O3S. The molecule has 2 aliphatic heterocycles. The number of rotatable bonds is 4. The van der Waals surface area contributed by atoms with Crippen LogP contribution in [0.25, 0.3) is 10.2 Å². The van der Waals surface area contributed by atoms with E-state index in [9.17, 15) is 14.4 Å². The largest absolute Gasteiger partial charge is 0.343 e. The molecule has 0 bridgehead atoms. The molecular weight excluding hydrogens is 352 g/mol. The van der Waals surface area contributed by atoms with Gasteiger partial charge in [0, 0.05) is 25.4 Å². The van der Waals surface area contributed by atoms with Gasteiger partial charge in [-0.2, -0.15) is 0 Å². The first-order valence-corrected chi connectivity index (χ1v) is 9.66. The van der Waals surface area contributed by atoms with Gasteiger partial charge in [0.05, 0.1) is 15.2 Å². The second-order valence-electron chi connectivity index (χ2n) is 6.73. The molecule has 2 fully saturated rings. The van der Waals surface area contributed by atoms with Crippen molar-refractivity contribution in [1.29, 1.82) is 0 Å². The number of piperidine rings is 1. The van der Waals surface area contributed by atoms with Gasteiger partial charge < -0.3 is 10.2 Å². The topological polar surface area (TPSA) is 91.4 Å². The van der Waals surface area contributed by atoms with Crippen LogP contribution in [0.15, 0.2) is 24.3 Å². The molecule has 3 heterocycles. The van der Waals surface area contributed by atoms with Gasteiger partial charge >= 0.3 is 6.03 Å². The van der Waals surface area contributed by atoms with Crippen LogP contribution in [0.1, 0.15) is 36.6 Å². The first-order valence-electron chi connectivity index (χ1n) is 8.85. The van der Waals surface area contributed by atoms with Gasteiger partial charge in [-0.05, 0) is 31.4 Å². The number of carbonyl (C=O) groups excluding carboxylic acids is 3. The van der Waals surface area contributed by atoms with Crippen molar-refractivity contribution in [3.05, 3.63) is 29.3 Å². The number of carbonyl (C=O) groups is 3. The van der Waals surface area contributed by atoms with Gasteiger partial charge in [0.25, 0.3) is 5.91 Å². The maximum absolute atomic E-state index is 12.4. The number of likely N-dealkylation sites (tertiary alicyclic amines) is 1. The number of urea groups is 1. The van der Waals surface area contributed by atoms with E-state index in [1.807, 2.05) is 23.1 Å². The van der Waals surface area contributed by atoms with Crippen molar-refractivity contribution in [3.8, 4) is 0 Å². The van der Waals surface area contributed by atoms with Gasteiger partial charge in [-0.15, -0.1) is 11.3 Å². The lowest BCUT2D eigenvalue weighted by atomic mass is 9.97. The van der Waals surface area contributed by atoms with E-state index >= 15 is 0 Å². The fourth-order valence-electron chi connectivity index (χ4n) is 3.53. The maximum atomic E-state index is 12.4. The molecule has 0 radical (unpaired) electrons. The molecule has 8 heteroatoms. The molecule has 7 nitrogen and oxygen atoms in total. The molecule has 0 aliphatic carbocycles. The van der Waals surface area contributed by atoms with Crippen LogP contribution in [0.3, 0.4) is 0 Å². The minimum atomic E-state index is -0.591. The average Bonchev–Trinajstić information content (AvgIpc) is 3.22. The monoisotopic (exact) mass is 372 g/mol. The van der Waals surface area contributed by atoms with Crippen molar-refractivity contribution in [2.24, 2.45) is 0 Å². The fraction of sp³-hybridized carbons (Fsp3) is 0.444. The summed E-state index contributed by atoms with van der Waals surface area (Å²) in [4.78, 5) is 41.6. The third-order valence-electron chi connectivity index (χ3n) is 5.01. The highest BCUT2D eigenvalue weighted by Crippen LogP contribution is 2.33. The van der Waals surface area contributed by atoms with Crippen LogP contribution in [-0.4, -0.2) is 46.9 Å². The third kappa shape index (κ3) is 3.41. The summed E-state index contributed by atoms with van der Waals surface area (Å²) >= 11 is 1.74. The van der Waals surface area contributed by atoms with Crippen LogP contribution in [-0.2, 0) is 9.59 Å². The molecule has 2 saturated heterocycles. The Morgan fingerprint density at radius 2 is 2.00 bits per heavy atom. The van der Waals surface area contributed by atoms with Gasteiger partial charge in [0.1, 0.15) is 6.04 Å². The first-order chi connectivity index (χ1) is 12.6. The van der Waals surface area contributed by atoms with Gasteiger partial charge in [-0.1, -0.05) is 12.1 Å². The van der Waals surface area contributed by atoms with E-state index in [4.69, 9.17) is 4.98 Å². The Kier molecular flexibility index (Phi) is 4.58. The van der Waals surface area contributed by atoms with Gasteiger partial charge in [-0.3, -0.25) is 14.9 Å². The summed E-state index contributed by atoms with van der Waals surface area (Å²) in [6.45, 7) is 1.42. The zero-order chi connectivity index (χ0) is 18.1. The number of thiazole rings is 1. The molecule has 0 saturated carbocycles. The number of aromatic nitrogens is 1. The number of benzene rings is 1. The Morgan fingerprint density at radius 3 is 2.69 bits per heavy atom. The second kappa shape index (κ2) is 7.03. The molecule has 136 valence electrons. The van der Waals surface area contributed by atoms with Crippen LogP contribution < -0.4 is 10.6 Å². The van der Waals surface area contributed by atoms with E-state index < -0.39 is 12.1 Å². The number of amides is 4. The summed E-state index contributed by atoms with van der Waals surface area (Å²) in [6, 6.07) is 7.08. The molecule has 4 rings (SSSR count). The molecule has 1 aromatic heterocycles. The van der Waals surface area contributed by atoms with Crippen molar-refractivity contribution in [2.45, 2.75) is 37.6 Å². The Labute approximate surface area is 154 Å². The number of fused-ring (bicyclic) bond motifs is 1. The summed E-state index contributed by atoms with van der Waals surface area (Å²) in [7, 11) is 0. The standard InChI is InChI=1S/C18H20N4O3S/c23-15(6-5-13-16(24)21-18(25)20-13)22-9-7-11(8-10-22)17-19-12-3-1-2-4-14(12)26-17/h1-4,11,13H,5-10H2,(H2,20,21,24,25)/t13-/m1/s1. The third-order valence-corrected chi connectivity index (χ3v) is 6.21. The van der Waals surface area contributed by atoms with Gasteiger partial charge in [0.2, 0.25) is 5.91 Å². The van der Waals surface area contributed by atoms with E-state index in [0.717, 1.165) is 23.4 Å². The summed E-state index contributed by atoms with van der Waals surface area (Å²) in [6.07, 6.45) is 2.43. The van der Waals surface area contributed by atoms with Crippen LogP contribution >= 0.6 is 11.3 Å². The Bertz CT molecular complexity index is 824. The highest BCUT2D eigenvalue weighted by Gasteiger charge is 2.31. The first kappa shape index (κ1) is 17.0. The van der Waals surface area contributed by atoms with Crippen molar-refractivity contribution in [3.63, 3.8) is 0 Å². The highest BCUT2D eigenvalue weighted by molar-refractivity contribution is 7.18. The molecule has 2 aromatic rings. The molecule has 4 amide bonds. The Hall–Kier alpha value is -2.48. The predicted octanol–water partition coefficient (Wildman–Crippen LogP) is 1.99. The van der Waals surface area contributed by atoms with Gasteiger partial charge in [-0.25, -0.2) is 9.78 Å². The SMILES string of the molecule is O=C1NC(=O)[C@@H](CCC(=O)N2CCC(c3nc4ccccc4s3)CC2)N1. The highest BCUT2D eigenvalue weighted by atomic mass is 32.1. The molecule has 2 N–H and O–H groups in total. The number of hydrogen-bond acceptors (Lipinski definition) is 5. The zero-order valence-corrected chi connectivity index (χ0v) is 15.1. The zero-order valence-electron chi connectivity index (χ0n) is 14.2. The minimum Gasteiger partial charge on any atom is -0.343 e. The van der Waals surface area contributed by atoms with Crippen LogP contribution in [0, 0.1) is 0 Å². The Balaban J connectivity index is 1.29. The second-order valence-corrected chi connectivity index (χ2v) is 7.79.